The Hall–Kier alpha value is -4.18. The molecule has 4 nitrogen and oxygen atoms in total. The molecule has 0 aromatic heterocycles. The third kappa shape index (κ3) is 6.91. The summed E-state index contributed by atoms with van der Waals surface area (Å²) in [7, 11) is 0. The summed E-state index contributed by atoms with van der Waals surface area (Å²) in [5.74, 6) is 0.590. The van der Waals surface area contributed by atoms with E-state index < -0.39 is 0 Å². The third-order valence-corrected chi connectivity index (χ3v) is 5.31. The van der Waals surface area contributed by atoms with E-state index in [1.165, 1.54) is 11.1 Å². The van der Waals surface area contributed by atoms with Crippen LogP contribution >= 0.6 is 0 Å². The van der Waals surface area contributed by atoms with Crippen molar-refractivity contribution in [3.05, 3.63) is 118 Å². The average molecular weight is 451 g/mol. The van der Waals surface area contributed by atoms with Crippen LogP contribution in [-0.2, 0) is 0 Å². The van der Waals surface area contributed by atoms with Crippen LogP contribution in [0.5, 0.6) is 11.5 Å². The number of para-hydroxylation sites is 2. The Morgan fingerprint density at radius 1 is 0.500 bits per heavy atom. The lowest BCUT2D eigenvalue weighted by Gasteiger charge is -2.01. The molecule has 0 aliphatic carbocycles. The lowest BCUT2D eigenvalue weighted by atomic mass is 10.1. The van der Waals surface area contributed by atoms with E-state index in [2.05, 4.69) is 9.98 Å². The van der Waals surface area contributed by atoms with Gasteiger partial charge in [-0.3, -0.25) is 9.98 Å². The fraction of sp³-hybridized carbons (Fsp3) is 0.133. The van der Waals surface area contributed by atoms with Crippen LogP contribution in [0.3, 0.4) is 0 Å². The van der Waals surface area contributed by atoms with Crippen molar-refractivity contribution in [2.75, 3.05) is 0 Å². The molecule has 4 rings (SSSR count). The minimum atomic E-state index is 0.295. The molecule has 0 unspecified atom stereocenters. The molecule has 34 heavy (non-hydrogen) atoms. The monoisotopic (exact) mass is 450 g/mol. The number of hydrogen-bond acceptors (Lipinski definition) is 4. The second-order valence-electron chi connectivity index (χ2n) is 8.21. The van der Waals surface area contributed by atoms with Gasteiger partial charge in [-0.2, -0.15) is 0 Å². The third-order valence-electron chi connectivity index (χ3n) is 5.31. The molecule has 0 amide bonds. The molecule has 2 N–H and O–H groups in total. The molecule has 4 aromatic carbocycles. The summed E-state index contributed by atoms with van der Waals surface area (Å²) in [5.41, 5.74) is 7.39. The maximum atomic E-state index is 9.83. The van der Waals surface area contributed by atoms with E-state index in [0.29, 0.717) is 11.5 Å². The van der Waals surface area contributed by atoms with E-state index in [4.69, 9.17) is 0 Å². The van der Waals surface area contributed by atoms with E-state index in [-0.39, 0.29) is 0 Å². The molecule has 0 aliphatic rings. The predicted octanol–water partition coefficient (Wildman–Crippen LogP) is 7.52. The Labute approximate surface area is 201 Å². The van der Waals surface area contributed by atoms with Gasteiger partial charge in [0.15, 0.2) is 0 Å². The van der Waals surface area contributed by atoms with Gasteiger partial charge in [0.25, 0.3) is 0 Å². The molecule has 0 saturated heterocycles. The number of aryl methyl sites for hydroxylation is 4. The van der Waals surface area contributed by atoms with E-state index in [0.717, 1.165) is 33.6 Å². The molecule has 4 aromatic rings. The van der Waals surface area contributed by atoms with Crippen LogP contribution in [0, 0.1) is 27.7 Å². The molecule has 0 atom stereocenters. The Morgan fingerprint density at radius 2 is 0.853 bits per heavy atom. The van der Waals surface area contributed by atoms with Gasteiger partial charge in [-0.25, -0.2) is 0 Å². The highest BCUT2D eigenvalue weighted by Crippen LogP contribution is 2.22. The van der Waals surface area contributed by atoms with E-state index >= 15 is 0 Å². The number of phenols is 2. The van der Waals surface area contributed by atoms with Crippen LogP contribution < -0.4 is 0 Å². The summed E-state index contributed by atoms with van der Waals surface area (Å²) in [6.45, 7) is 7.83. The first-order valence-electron chi connectivity index (χ1n) is 11.1. The summed E-state index contributed by atoms with van der Waals surface area (Å²) in [5, 5.41) is 19.7. The first kappa shape index (κ1) is 24.5. The number of aromatic hydroxyl groups is 2. The highest BCUT2D eigenvalue weighted by molar-refractivity contribution is 5.86. The van der Waals surface area contributed by atoms with Gasteiger partial charge in [-0.15, -0.1) is 0 Å². The van der Waals surface area contributed by atoms with Crippen molar-refractivity contribution in [3.63, 3.8) is 0 Å². The lowest BCUT2D eigenvalue weighted by Crippen LogP contribution is -1.84. The summed E-state index contributed by atoms with van der Waals surface area (Å²) in [6.07, 6.45) is 3.38. The van der Waals surface area contributed by atoms with Crippen LogP contribution in [0.4, 0.5) is 11.4 Å². The number of phenolic OH excluding ortho intramolecular Hbond substituents is 2. The number of aliphatic imine (C=N–C) groups is 2. The van der Waals surface area contributed by atoms with Crippen molar-refractivity contribution in [3.8, 4) is 11.5 Å². The lowest BCUT2D eigenvalue weighted by molar-refractivity contribution is 0.470. The minimum absolute atomic E-state index is 0.295. The van der Waals surface area contributed by atoms with Gasteiger partial charge in [-0.05, 0) is 75.2 Å². The number of rotatable bonds is 4. The number of benzene rings is 4. The zero-order valence-electron chi connectivity index (χ0n) is 20.0. The predicted molar refractivity (Wildman–Crippen MR) is 143 cm³/mol. The van der Waals surface area contributed by atoms with Gasteiger partial charge in [0.2, 0.25) is 0 Å². The Kier molecular flexibility index (Phi) is 8.36. The van der Waals surface area contributed by atoms with Crippen LogP contribution in [0.25, 0.3) is 0 Å². The fourth-order valence-electron chi connectivity index (χ4n) is 3.12. The van der Waals surface area contributed by atoms with Crippen LogP contribution in [0.2, 0.25) is 0 Å². The zero-order chi connectivity index (χ0) is 24.5. The molecule has 0 spiro atoms. The standard InChI is InChI=1S/2C15H15NO/c2*1-11-6-8-14(9-7-11)16-10-13-5-3-4-12(2)15(13)17/h2*3-10,17H,1-2H3. The molecule has 0 bridgehead atoms. The summed E-state index contributed by atoms with van der Waals surface area (Å²) in [4.78, 5) is 8.67. The summed E-state index contributed by atoms with van der Waals surface area (Å²) < 4.78 is 0. The zero-order valence-corrected chi connectivity index (χ0v) is 20.0. The highest BCUT2D eigenvalue weighted by atomic mass is 16.3. The van der Waals surface area contributed by atoms with E-state index in [1.807, 2.05) is 113 Å². The van der Waals surface area contributed by atoms with Crippen molar-refractivity contribution < 1.29 is 10.2 Å². The van der Waals surface area contributed by atoms with Crippen molar-refractivity contribution in [2.45, 2.75) is 27.7 Å². The Bertz CT molecular complexity index is 1190. The number of nitrogens with zero attached hydrogens (tertiary/aromatic N) is 2. The maximum Gasteiger partial charge on any atom is 0.127 e. The smallest absolute Gasteiger partial charge is 0.127 e. The van der Waals surface area contributed by atoms with E-state index in [9.17, 15) is 10.2 Å². The summed E-state index contributed by atoms with van der Waals surface area (Å²) >= 11 is 0. The van der Waals surface area contributed by atoms with Gasteiger partial charge in [0.05, 0.1) is 11.4 Å². The van der Waals surface area contributed by atoms with Gasteiger partial charge in [-0.1, -0.05) is 59.7 Å². The largest absolute Gasteiger partial charge is 0.507 e. The first-order valence-corrected chi connectivity index (χ1v) is 11.1. The Morgan fingerprint density at radius 3 is 1.21 bits per heavy atom. The van der Waals surface area contributed by atoms with Crippen molar-refractivity contribution in [1.29, 1.82) is 0 Å². The molecule has 0 radical (unpaired) electrons. The summed E-state index contributed by atoms with van der Waals surface area (Å²) in [6, 6.07) is 27.2. The normalized spacial score (nSPS) is 10.9. The van der Waals surface area contributed by atoms with Crippen molar-refractivity contribution in [1.82, 2.24) is 0 Å². The molecular formula is C30H30N2O2. The van der Waals surface area contributed by atoms with Crippen LogP contribution in [0.1, 0.15) is 33.4 Å². The van der Waals surface area contributed by atoms with Crippen LogP contribution in [-0.4, -0.2) is 22.6 Å². The molecule has 0 fully saturated rings. The first-order chi connectivity index (χ1) is 16.3. The second kappa shape index (κ2) is 11.6. The second-order valence-corrected chi connectivity index (χ2v) is 8.21. The minimum Gasteiger partial charge on any atom is -0.507 e. The molecule has 4 heteroatoms. The van der Waals surface area contributed by atoms with Gasteiger partial charge >= 0.3 is 0 Å². The van der Waals surface area contributed by atoms with Crippen LogP contribution in [0.15, 0.2) is 94.9 Å². The maximum absolute atomic E-state index is 9.83. The van der Waals surface area contributed by atoms with Crippen molar-refractivity contribution >= 4 is 23.8 Å². The molecular weight excluding hydrogens is 420 g/mol. The fourth-order valence-corrected chi connectivity index (χ4v) is 3.12. The van der Waals surface area contributed by atoms with Gasteiger partial charge < -0.3 is 10.2 Å². The average Bonchev–Trinajstić information content (AvgIpc) is 2.83. The molecule has 172 valence electrons. The molecule has 0 aliphatic heterocycles. The van der Waals surface area contributed by atoms with E-state index in [1.54, 1.807) is 12.4 Å². The van der Waals surface area contributed by atoms with Crippen molar-refractivity contribution in [2.24, 2.45) is 9.98 Å². The van der Waals surface area contributed by atoms with Gasteiger partial charge in [0.1, 0.15) is 11.5 Å². The highest BCUT2D eigenvalue weighted by Gasteiger charge is 2.01. The quantitative estimate of drug-likeness (QED) is 0.316. The SMILES string of the molecule is Cc1ccc(N=Cc2cccc(C)c2O)cc1.Cc1ccc(N=Cc2cccc(C)c2O)cc1. The Balaban J connectivity index is 0.000000191. The molecule has 0 saturated carbocycles. The number of hydrogen-bond donors (Lipinski definition) is 2. The molecule has 0 heterocycles. The topological polar surface area (TPSA) is 65.2 Å². The van der Waals surface area contributed by atoms with Gasteiger partial charge in [0, 0.05) is 23.6 Å².